The van der Waals surface area contributed by atoms with E-state index in [4.69, 9.17) is 11.6 Å². The maximum absolute atomic E-state index is 12.7. The summed E-state index contributed by atoms with van der Waals surface area (Å²) in [6.07, 6.45) is 0. The number of hydrogen-bond acceptors (Lipinski definition) is 2. The van der Waals surface area contributed by atoms with Gasteiger partial charge in [-0.15, -0.1) is 11.8 Å². The Kier molecular flexibility index (Phi) is 6.62. The number of carbonyl (C=O) groups is 1. The number of benzene rings is 3. The Balaban J connectivity index is 1.74. The fourth-order valence-corrected chi connectivity index (χ4v) is 4.44. The zero-order chi connectivity index (χ0) is 18.5. The van der Waals surface area contributed by atoms with Crippen molar-refractivity contribution in [3.05, 3.63) is 92.0 Å². The zero-order valence-electron chi connectivity index (χ0n) is 14.1. The molecule has 132 valence electrons. The first-order valence-corrected chi connectivity index (χ1v) is 10.5. The summed E-state index contributed by atoms with van der Waals surface area (Å²) in [7, 11) is 0. The highest BCUT2D eigenvalue weighted by Gasteiger charge is 2.12. The summed E-state index contributed by atoms with van der Waals surface area (Å²) in [4.78, 5) is 13.7. The number of anilines is 1. The van der Waals surface area contributed by atoms with Crippen LogP contribution in [0.15, 0.2) is 71.6 Å². The summed E-state index contributed by atoms with van der Waals surface area (Å²) in [6.45, 7) is 2.02. The van der Waals surface area contributed by atoms with E-state index in [1.54, 1.807) is 11.8 Å². The number of amides is 1. The smallest absolute Gasteiger partial charge is 0.256 e. The highest BCUT2D eigenvalue weighted by atomic mass is 127. The van der Waals surface area contributed by atoms with Crippen LogP contribution in [0.2, 0.25) is 5.02 Å². The van der Waals surface area contributed by atoms with Crippen LogP contribution in [0.5, 0.6) is 0 Å². The lowest BCUT2D eigenvalue weighted by molar-refractivity contribution is 0.102. The molecule has 0 aliphatic rings. The first-order valence-electron chi connectivity index (χ1n) is 8.07. The molecular weight excluding hydrogens is 477 g/mol. The van der Waals surface area contributed by atoms with Crippen LogP contribution < -0.4 is 5.32 Å². The van der Waals surface area contributed by atoms with Gasteiger partial charge in [0.05, 0.1) is 11.3 Å². The van der Waals surface area contributed by atoms with Crippen LogP contribution in [0.25, 0.3) is 0 Å². The monoisotopic (exact) mass is 493 g/mol. The molecule has 5 heteroatoms. The summed E-state index contributed by atoms with van der Waals surface area (Å²) in [6, 6.07) is 21.5. The molecule has 0 spiro atoms. The standard InChI is InChI=1S/C21H17ClINOS/c1-14-6-11-17(18(23)12-14)21(25)24-19-4-2-3-5-20(19)26-13-15-7-9-16(22)10-8-15/h2-12H,13H2,1H3,(H,24,25). The molecule has 0 heterocycles. The predicted octanol–water partition coefficient (Wildman–Crippen LogP) is 6.80. The molecule has 0 fully saturated rings. The molecule has 3 aromatic rings. The van der Waals surface area contributed by atoms with Crippen molar-refractivity contribution in [3.63, 3.8) is 0 Å². The third kappa shape index (κ3) is 5.02. The molecule has 0 saturated carbocycles. The molecule has 1 amide bonds. The quantitative estimate of drug-likeness (QED) is 0.313. The van der Waals surface area contributed by atoms with Gasteiger partial charge >= 0.3 is 0 Å². The van der Waals surface area contributed by atoms with E-state index >= 15 is 0 Å². The lowest BCUT2D eigenvalue weighted by atomic mass is 10.1. The molecule has 3 rings (SSSR count). The van der Waals surface area contributed by atoms with E-state index in [1.165, 1.54) is 5.56 Å². The second-order valence-corrected chi connectivity index (χ2v) is 8.46. The van der Waals surface area contributed by atoms with Crippen molar-refractivity contribution in [2.75, 3.05) is 5.32 Å². The molecule has 0 saturated heterocycles. The van der Waals surface area contributed by atoms with Crippen LogP contribution >= 0.6 is 46.0 Å². The number of halogens is 2. The second kappa shape index (κ2) is 8.93. The van der Waals surface area contributed by atoms with E-state index in [9.17, 15) is 4.79 Å². The SMILES string of the molecule is Cc1ccc(C(=O)Nc2ccccc2SCc2ccc(Cl)cc2)c(I)c1. The Morgan fingerprint density at radius 2 is 1.81 bits per heavy atom. The maximum Gasteiger partial charge on any atom is 0.256 e. The van der Waals surface area contributed by atoms with Gasteiger partial charge in [0, 0.05) is 19.2 Å². The fraction of sp³-hybridized carbons (Fsp3) is 0.0952. The third-order valence-corrected chi connectivity index (χ3v) is 6.10. The number of carbonyl (C=O) groups excluding carboxylic acids is 1. The normalized spacial score (nSPS) is 10.6. The lowest BCUT2D eigenvalue weighted by Crippen LogP contribution is -2.14. The topological polar surface area (TPSA) is 29.1 Å². The Morgan fingerprint density at radius 3 is 2.54 bits per heavy atom. The molecule has 0 aromatic heterocycles. The van der Waals surface area contributed by atoms with Crippen molar-refractivity contribution in [1.29, 1.82) is 0 Å². The van der Waals surface area contributed by atoms with Crippen molar-refractivity contribution >= 4 is 57.5 Å². The summed E-state index contributed by atoms with van der Waals surface area (Å²) < 4.78 is 0.950. The van der Waals surface area contributed by atoms with Gasteiger partial charge in [-0.2, -0.15) is 0 Å². The van der Waals surface area contributed by atoms with E-state index < -0.39 is 0 Å². The van der Waals surface area contributed by atoms with Crippen molar-refractivity contribution < 1.29 is 4.79 Å². The Hall–Kier alpha value is -1.50. The number of para-hydroxylation sites is 1. The van der Waals surface area contributed by atoms with Gasteiger partial charge in [-0.25, -0.2) is 0 Å². The maximum atomic E-state index is 12.7. The van der Waals surface area contributed by atoms with E-state index in [0.29, 0.717) is 5.56 Å². The minimum absolute atomic E-state index is 0.0889. The molecule has 2 nitrogen and oxygen atoms in total. The fourth-order valence-electron chi connectivity index (χ4n) is 2.43. The molecule has 0 atom stereocenters. The number of nitrogens with one attached hydrogen (secondary N) is 1. The minimum atomic E-state index is -0.0889. The van der Waals surface area contributed by atoms with Crippen molar-refractivity contribution in [2.45, 2.75) is 17.6 Å². The summed E-state index contributed by atoms with van der Waals surface area (Å²) in [5.41, 5.74) is 3.85. The van der Waals surface area contributed by atoms with Gasteiger partial charge in [0.15, 0.2) is 0 Å². The van der Waals surface area contributed by atoms with Crippen LogP contribution in [0.4, 0.5) is 5.69 Å². The van der Waals surface area contributed by atoms with Gasteiger partial charge < -0.3 is 5.32 Å². The molecule has 0 aliphatic heterocycles. The highest BCUT2D eigenvalue weighted by Crippen LogP contribution is 2.30. The highest BCUT2D eigenvalue weighted by molar-refractivity contribution is 14.1. The summed E-state index contributed by atoms with van der Waals surface area (Å²) in [5.74, 6) is 0.723. The molecular formula is C21H17ClINOS. The van der Waals surface area contributed by atoms with Crippen LogP contribution in [0.3, 0.4) is 0 Å². The lowest BCUT2D eigenvalue weighted by Gasteiger charge is -2.12. The van der Waals surface area contributed by atoms with Gasteiger partial charge in [0.25, 0.3) is 5.91 Å². The van der Waals surface area contributed by atoms with E-state index in [1.807, 2.05) is 73.7 Å². The molecule has 26 heavy (non-hydrogen) atoms. The predicted molar refractivity (Wildman–Crippen MR) is 119 cm³/mol. The third-order valence-electron chi connectivity index (χ3n) is 3.81. The summed E-state index contributed by atoms with van der Waals surface area (Å²) >= 11 is 9.83. The molecule has 0 radical (unpaired) electrons. The Labute approximate surface area is 176 Å². The second-order valence-electron chi connectivity index (χ2n) is 5.85. The van der Waals surface area contributed by atoms with Gasteiger partial charge in [-0.05, 0) is 71.5 Å². The molecule has 0 bridgehead atoms. The number of aryl methyl sites for hydroxylation is 1. The first-order chi connectivity index (χ1) is 12.5. The van der Waals surface area contributed by atoms with E-state index in [2.05, 4.69) is 27.9 Å². The minimum Gasteiger partial charge on any atom is -0.321 e. The van der Waals surface area contributed by atoms with Gasteiger partial charge in [0.1, 0.15) is 0 Å². The number of hydrogen-bond donors (Lipinski definition) is 1. The van der Waals surface area contributed by atoms with Crippen molar-refractivity contribution in [1.82, 2.24) is 0 Å². The van der Waals surface area contributed by atoms with Crippen LogP contribution in [-0.2, 0) is 5.75 Å². The van der Waals surface area contributed by atoms with Gasteiger partial charge in [-0.1, -0.05) is 47.5 Å². The van der Waals surface area contributed by atoms with E-state index in [0.717, 1.165) is 30.5 Å². The molecule has 0 aliphatic carbocycles. The van der Waals surface area contributed by atoms with Crippen molar-refractivity contribution in [2.24, 2.45) is 0 Å². The largest absolute Gasteiger partial charge is 0.321 e. The Morgan fingerprint density at radius 1 is 1.08 bits per heavy atom. The average molecular weight is 494 g/mol. The molecule has 3 aromatic carbocycles. The summed E-state index contributed by atoms with van der Waals surface area (Å²) in [5, 5.41) is 3.78. The number of thioether (sulfide) groups is 1. The molecule has 1 N–H and O–H groups in total. The average Bonchev–Trinajstić information content (AvgIpc) is 2.62. The van der Waals surface area contributed by atoms with Gasteiger partial charge in [0.2, 0.25) is 0 Å². The van der Waals surface area contributed by atoms with Crippen molar-refractivity contribution in [3.8, 4) is 0 Å². The van der Waals surface area contributed by atoms with Crippen LogP contribution in [0.1, 0.15) is 21.5 Å². The van der Waals surface area contributed by atoms with Crippen LogP contribution in [0, 0.1) is 10.5 Å². The van der Waals surface area contributed by atoms with Crippen LogP contribution in [-0.4, -0.2) is 5.91 Å². The first kappa shape index (κ1) is 19.3. The van der Waals surface area contributed by atoms with E-state index in [-0.39, 0.29) is 5.91 Å². The van der Waals surface area contributed by atoms with Gasteiger partial charge in [-0.3, -0.25) is 4.79 Å². The molecule has 0 unspecified atom stereocenters. The Bertz CT molecular complexity index is 928. The zero-order valence-corrected chi connectivity index (χ0v) is 17.9. The number of rotatable bonds is 5.